The molecule has 0 bridgehead atoms. The van der Waals surface area contributed by atoms with E-state index in [1.54, 1.807) is 0 Å². The van der Waals surface area contributed by atoms with Crippen LogP contribution in [-0.2, 0) is 5.41 Å². The molecular formula is C32H34N4O2S. The Labute approximate surface area is 233 Å². The highest BCUT2D eigenvalue weighted by atomic mass is 32.1. The number of benzene rings is 2. The third-order valence-electron chi connectivity index (χ3n) is 8.39. The molecule has 3 heterocycles. The molecule has 0 spiro atoms. The number of rotatable bonds is 6. The zero-order valence-corrected chi connectivity index (χ0v) is 23.6. The van der Waals surface area contributed by atoms with E-state index in [1.807, 2.05) is 66.6 Å². The van der Waals surface area contributed by atoms with E-state index < -0.39 is 0 Å². The number of hydrogen-bond donors (Lipinski definition) is 1. The molecule has 6 rings (SSSR count). The highest BCUT2D eigenvalue weighted by molar-refractivity contribution is 7.14. The van der Waals surface area contributed by atoms with Crippen LogP contribution in [0.25, 0.3) is 22.2 Å². The minimum Gasteiger partial charge on any atom is -0.350 e. The number of likely N-dealkylation sites (tertiary alicyclic amines) is 1. The van der Waals surface area contributed by atoms with Gasteiger partial charge in [0.05, 0.1) is 21.8 Å². The average molecular weight is 539 g/mol. The molecule has 2 aromatic carbocycles. The predicted molar refractivity (Wildman–Crippen MR) is 156 cm³/mol. The molecule has 2 aromatic heterocycles. The number of para-hydroxylation sites is 1. The van der Waals surface area contributed by atoms with E-state index in [9.17, 15) is 9.59 Å². The molecule has 1 N–H and O–H groups in total. The number of thiazole rings is 1. The first-order chi connectivity index (χ1) is 18.8. The van der Waals surface area contributed by atoms with Crippen molar-refractivity contribution in [2.24, 2.45) is 0 Å². The fourth-order valence-corrected chi connectivity index (χ4v) is 6.68. The monoisotopic (exact) mass is 538 g/mol. The summed E-state index contributed by atoms with van der Waals surface area (Å²) >= 11 is 1.45. The van der Waals surface area contributed by atoms with Gasteiger partial charge in [0, 0.05) is 35.8 Å². The molecule has 200 valence electrons. The van der Waals surface area contributed by atoms with E-state index in [0.29, 0.717) is 17.0 Å². The number of piperidine rings is 1. The summed E-state index contributed by atoms with van der Waals surface area (Å²) in [4.78, 5) is 39.5. The highest BCUT2D eigenvalue weighted by Crippen LogP contribution is 2.47. The molecule has 2 unspecified atom stereocenters. The number of amides is 2. The van der Waals surface area contributed by atoms with Crippen LogP contribution in [0, 0.1) is 6.92 Å². The van der Waals surface area contributed by atoms with Gasteiger partial charge in [0.1, 0.15) is 4.88 Å². The molecule has 1 saturated heterocycles. The lowest BCUT2D eigenvalue weighted by Crippen LogP contribution is -2.53. The minimum atomic E-state index is -0.150. The first-order valence-electron chi connectivity index (χ1n) is 13.9. The average Bonchev–Trinajstić information content (AvgIpc) is 3.59. The molecule has 1 aliphatic heterocycles. The Hall–Kier alpha value is -3.58. The summed E-state index contributed by atoms with van der Waals surface area (Å²) in [5.41, 5.74) is 4.45. The number of aryl methyl sites for hydroxylation is 1. The van der Waals surface area contributed by atoms with Crippen molar-refractivity contribution in [2.75, 3.05) is 6.54 Å². The van der Waals surface area contributed by atoms with Crippen molar-refractivity contribution in [1.29, 1.82) is 0 Å². The van der Waals surface area contributed by atoms with Crippen molar-refractivity contribution in [3.8, 4) is 11.3 Å². The summed E-state index contributed by atoms with van der Waals surface area (Å²) in [6, 6.07) is 17.9. The Morgan fingerprint density at radius 1 is 1.10 bits per heavy atom. The van der Waals surface area contributed by atoms with Crippen molar-refractivity contribution >= 4 is 34.1 Å². The van der Waals surface area contributed by atoms with Crippen LogP contribution in [0.15, 0.2) is 60.8 Å². The first kappa shape index (κ1) is 25.7. The number of hydrogen-bond acceptors (Lipinski definition) is 5. The lowest BCUT2D eigenvalue weighted by Gasteiger charge is -2.40. The summed E-state index contributed by atoms with van der Waals surface area (Å²) < 4.78 is 0. The third-order valence-corrected chi connectivity index (χ3v) is 9.35. The molecule has 39 heavy (non-hydrogen) atoms. The van der Waals surface area contributed by atoms with E-state index in [1.165, 1.54) is 29.7 Å². The number of nitrogens with zero attached hydrogens (tertiary/aromatic N) is 3. The van der Waals surface area contributed by atoms with Crippen LogP contribution in [0.3, 0.4) is 0 Å². The number of carbonyl (C=O) groups excluding carboxylic acids is 2. The quantitative estimate of drug-likeness (QED) is 0.303. The lowest BCUT2D eigenvalue weighted by molar-refractivity contribution is 0.0477. The Morgan fingerprint density at radius 2 is 1.90 bits per heavy atom. The first-order valence-corrected chi connectivity index (χ1v) is 14.7. The van der Waals surface area contributed by atoms with Gasteiger partial charge in [0.2, 0.25) is 0 Å². The van der Waals surface area contributed by atoms with Gasteiger partial charge >= 0.3 is 0 Å². The van der Waals surface area contributed by atoms with Gasteiger partial charge in [0.15, 0.2) is 0 Å². The van der Waals surface area contributed by atoms with Crippen LogP contribution in [-0.4, -0.2) is 45.3 Å². The number of carbonyl (C=O) groups is 2. The van der Waals surface area contributed by atoms with E-state index >= 15 is 0 Å². The fraction of sp³-hybridized carbons (Fsp3) is 0.375. The zero-order chi connectivity index (χ0) is 27.1. The summed E-state index contributed by atoms with van der Waals surface area (Å²) in [7, 11) is 0. The Kier molecular flexibility index (Phi) is 6.71. The molecule has 1 saturated carbocycles. The van der Waals surface area contributed by atoms with E-state index in [0.717, 1.165) is 46.4 Å². The Balaban J connectivity index is 1.22. The molecule has 1 aliphatic carbocycles. The molecule has 2 aliphatic rings. The van der Waals surface area contributed by atoms with Gasteiger partial charge < -0.3 is 10.2 Å². The molecule has 2 amide bonds. The second kappa shape index (κ2) is 10.2. The zero-order valence-electron chi connectivity index (χ0n) is 22.7. The van der Waals surface area contributed by atoms with Gasteiger partial charge in [-0.2, -0.15) is 0 Å². The van der Waals surface area contributed by atoms with Crippen LogP contribution in [0.5, 0.6) is 0 Å². The lowest BCUT2D eigenvalue weighted by atomic mass is 9.95. The van der Waals surface area contributed by atoms with Gasteiger partial charge in [0.25, 0.3) is 11.8 Å². The predicted octanol–water partition coefficient (Wildman–Crippen LogP) is 6.53. The third kappa shape index (κ3) is 4.96. The van der Waals surface area contributed by atoms with Crippen molar-refractivity contribution in [3.05, 3.63) is 81.8 Å². The number of aromatic nitrogens is 2. The van der Waals surface area contributed by atoms with Crippen LogP contribution >= 0.6 is 11.3 Å². The largest absolute Gasteiger partial charge is 0.350 e. The maximum absolute atomic E-state index is 14.0. The standard InChI is InChI=1S/C32H34N4O2S/c1-20-9-7-13-25(36(20)31(38)29-28(35-21(2)39-29)22-10-5-4-6-11-22)19-34-30(37)26-14-8-12-23-17-24(18-33-27(23)26)32(3)15-16-32/h4-6,8,10-12,14,17-18,20,25H,7,9,13,15-16,19H2,1-3H3,(H,34,37). The summed E-state index contributed by atoms with van der Waals surface area (Å²) in [6.07, 6.45) is 7.12. The topological polar surface area (TPSA) is 75.2 Å². The van der Waals surface area contributed by atoms with E-state index in [2.05, 4.69) is 25.2 Å². The minimum absolute atomic E-state index is 0.00108. The van der Waals surface area contributed by atoms with Crippen molar-refractivity contribution < 1.29 is 9.59 Å². The second-order valence-electron chi connectivity index (χ2n) is 11.3. The summed E-state index contributed by atoms with van der Waals surface area (Å²) in [5.74, 6) is -0.151. The van der Waals surface area contributed by atoms with Crippen LogP contribution in [0.1, 0.15) is 76.6 Å². The van der Waals surface area contributed by atoms with Crippen LogP contribution in [0.4, 0.5) is 0 Å². The molecule has 2 atom stereocenters. The second-order valence-corrected chi connectivity index (χ2v) is 12.5. The van der Waals surface area contributed by atoms with Gasteiger partial charge in [-0.15, -0.1) is 11.3 Å². The molecular weight excluding hydrogens is 504 g/mol. The smallest absolute Gasteiger partial charge is 0.266 e. The molecule has 2 fully saturated rings. The number of nitrogens with one attached hydrogen (secondary N) is 1. The maximum atomic E-state index is 14.0. The van der Waals surface area contributed by atoms with Gasteiger partial charge in [-0.05, 0) is 69.1 Å². The number of pyridine rings is 1. The Bertz CT molecular complexity index is 1540. The van der Waals surface area contributed by atoms with Crippen LogP contribution < -0.4 is 5.32 Å². The summed E-state index contributed by atoms with van der Waals surface area (Å²) in [6.45, 7) is 6.72. The number of fused-ring (bicyclic) bond motifs is 1. The highest BCUT2D eigenvalue weighted by Gasteiger charge is 2.39. The molecule has 0 radical (unpaired) electrons. The molecule has 4 aromatic rings. The van der Waals surface area contributed by atoms with E-state index in [-0.39, 0.29) is 29.3 Å². The normalized spacial score (nSPS) is 20.1. The van der Waals surface area contributed by atoms with E-state index in [4.69, 9.17) is 9.97 Å². The van der Waals surface area contributed by atoms with Crippen molar-refractivity contribution in [1.82, 2.24) is 20.2 Å². The molecule has 6 nitrogen and oxygen atoms in total. The summed E-state index contributed by atoms with van der Waals surface area (Å²) in [5, 5.41) is 5.00. The van der Waals surface area contributed by atoms with Gasteiger partial charge in [-0.25, -0.2) is 4.98 Å². The van der Waals surface area contributed by atoms with Crippen molar-refractivity contribution in [3.63, 3.8) is 0 Å². The van der Waals surface area contributed by atoms with Gasteiger partial charge in [-0.1, -0.05) is 49.4 Å². The maximum Gasteiger partial charge on any atom is 0.266 e. The fourth-order valence-electron chi connectivity index (χ4n) is 5.79. The SMILES string of the molecule is Cc1nc(-c2ccccc2)c(C(=O)N2C(C)CCCC2CNC(=O)c2cccc3cc(C4(C)CC4)cnc23)s1. The Morgan fingerprint density at radius 3 is 2.67 bits per heavy atom. The van der Waals surface area contributed by atoms with Gasteiger partial charge in [-0.3, -0.25) is 14.6 Å². The molecule has 7 heteroatoms. The van der Waals surface area contributed by atoms with Crippen molar-refractivity contribution in [2.45, 2.75) is 70.4 Å². The van der Waals surface area contributed by atoms with Crippen LogP contribution in [0.2, 0.25) is 0 Å².